The third-order valence-electron chi connectivity index (χ3n) is 1.63. The number of Topliss-reactive ketones (excluding diaryl/α,β-unsaturated/α-hetero) is 1. The highest BCUT2D eigenvalue weighted by Gasteiger charge is 2.03. The zero-order valence-electron chi connectivity index (χ0n) is 8.47. The Hall–Kier alpha value is -0.860. The summed E-state index contributed by atoms with van der Waals surface area (Å²) in [4.78, 5) is 21.8. The molecule has 0 unspecified atom stereocenters. The maximum atomic E-state index is 11.0. The van der Waals surface area contributed by atoms with E-state index in [1.807, 2.05) is 13.8 Å². The summed E-state index contributed by atoms with van der Waals surface area (Å²) in [5.41, 5.74) is 0. The molecule has 3 nitrogen and oxygen atoms in total. The van der Waals surface area contributed by atoms with E-state index in [1.54, 1.807) is 0 Å². The van der Waals surface area contributed by atoms with E-state index in [0.29, 0.717) is 19.3 Å². The zero-order chi connectivity index (χ0) is 10.1. The van der Waals surface area contributed by atoms with Gasteiger partial charge in [-0.1, -0.05) is 13.8 Å². The van der Waals surface area contributed by atoms with Gasteiger partial charge in [-0.3, -0.25) is 9.59 Å². The van der Waals surface area contributed by atoms with Gasteiger partial charge in [0.15, 0.2) is 0 Å². The van der Waals surface area contributed by atoms with Crippen LogP contribution in [0.5, 0.6) is 0 Å². The average Bonchev–Trinajstić information content (AvgIpc) is 2.05. The maximum absolute atomic E-state index is 11.0. The van der Waals surface area contributed by atoms with Crippen molar-refractivity contribution in [3.63, 3.8) is 0 Å². The van der Waals surface area contributed by atoms with E-state index in [4.69, 9.17) is 4.74 Å². The first kappa shape index (κ1) is 12.1. The van der Waals surface area contributed by atoms with Crippen LogP contribution in [0.25, 0.3) is 0 Å². The molecule has 0 fully saturated rings. The van der Waals surface area contributed by atoms with Crippen molar-refractivity contribution in [3.05, 3.63) is 0 Å². The summed E-state index contributed by atoms with van der Waals surface area (Å²) in [5, 5.41) is 0. The van der Waals surface area contributed by atoms with Gasteiger partial charge < -0.3 is 4.74 Å². The first-order valence-corrected chi connectivity index (χ1v) is 4.88. The fraction of sp³-hybridized carbons (Fsp3) is 0.800. The number of rotatable bonds is 7. The number of hydrogen-bond donors (Lipinski definition) is 0. The summed E-state index contributed by atoms with van der Waals surface area (Å²) < 4.78 is 4.84. The van der Waals surface area contributed by atoms with Crippen molar-refractivity contribution >= 4 is 11.8 Å². The van der Waals surface area contributed by atoms with Crippen LogP contribution < -0.4 is 0 Å². The fourth-order valence-electron chi connectivity index (χ4n) is 0.959. The van der Waals surface area contributed by atoms with Gasteiger partial charge in [-0.2, -0.15) is 0 Å². The van der Waals surface area contributed by atoms with E-state index in [-0.39, 0.29) is 18.4 Å². The average molecular weight is 186 g/mol. The quantitative estimate of drug-likeness (QED) is 0.572. The number of esters is 1. The highest BCUT2D eigenvalue weighted by molar-refractivity contribution is 5.78. The summed E-state index contributed by atoms with van der Waals surface area (Å²) >= 11 is 0. The molecular weight excluding hydrogens is 168 g/mol. The minimum absolute atomic E-state index is 0.173. The number of ketones is 1. The molecule has 0 aliphatic carbocycles. The van der Waals surface area contributed by atoms with Gasteiger partial charge in [0.1, 0.15) is 5.78 Å². The monoisotopic (exact) mass is 186 g/mol. The minimum Gasteiger partial charge on any atom is -0.465 e. The molecule has 3 heteroatoms. The second kappa shape index (κ2) is 7.77. The van der Waals surface area contributed by atoms with Crippen molar-refractivity contribution in [2.45, 2.75) is 46.0 Å². The number of ether oxygens (including phenoxy) is 1. The summed E-state index contributed by atoms with van der Waals surface area (Å²) in [6, 6.07) is 0. The second-order valence-electron chi connectivity index (χ2n) is 3.01. The Bertz CT molecular complexity index is 146. The van der Waals surface area contributed by atoms with Crippen LogP contribution in [0, 0.1) is 0 Å². The summed E-state index contributed by atoms with van der Waals surface area (Å²) in [6.45, 7) is 4.13. The molecule has 0 saturated heterocycles. The van der Waals surface area contributed by atoms with Gasteiger partial charge in [0.2, 0.25) is 0 Å². The molecule has 0 aromatic rings. The standard InChI is InChI=1S/C10H18O3/c1-3-5-9(11)7-8-13-10(12)6-4-2/h3-8H2,1-2H3. The Morgan fingerprint density at radius 2 is 1.62 bits per heavy atom. The zero-order valence-corrected chi connectivity index (χ0v) is 8.47. The van der Waals surface area contributed by atoms with Crippen LogP contribution >= 0.6 is 0 Å². The van der Waals surface area contributed by atoms with Crippen molar-refractivity contribution < 1.29 is 14.3 Å². The normalized spacial score (nSPS) is 9.69. The van der Waals surface area contributed by atoms with Crippen LogP contribution in [-0.4, -0.2) is 18.4 Å². The molecule has 0 heterocycles. The number of carbonyl (C=O) groups excluding carboxylic acids is 2. The van der Waals surface area contributed by atoms with E-state index in [1.165, 1.54) is 0 Å². The van der Waals surface area contributed by atoms with E-state index in [9.17, 15) is 9.59 Å². The molecule has 13 heavy (non-hydrogen) atoms. The number of hydrogen-bond acceptors (Lipinski definition) is 3. The van der Waals surface area contributed by atoms with Crippen molar-refractivity contribution in [1.82, 2.24) is 0 Å². The smallest absolute Gasteiger partial charge is 0.305 e. The van der Waals surface area contributed by atoms with Gasteiger partial charge in [0, 0.05) is 19.3 Å². The Morgan fingerprint density at radius 3 is 2.15 bits per heavy atom. The van der Waals surface area contributed by atoms with Gasteiger partial charge in [0.25, 0.3) is 0 Å². The van der Waals surface area contributed by atoms with Crippen molar-refractivity contribution in [2.75, 3.05) is 6.61 Å². The lowest BCUT2D eigenvalue weighted by atomic mass is 10.2. The number of carbonyl (C=O) groups is 2. The molecule has 0 rings (SSSR count). The lowest BCUT2D eigenvalue weighted by Crippen LogP contribution is -2.09. The Morgan fingerprint density at radius 1 is 1.00 bits per heavy atom. The van der Waals surface area contributed by atoms with Crippen LogP contribution in [0.15, 0.2) is 0 Å². The largest absolute Gasteiger partial charge is 0.465 e. The van der Waals surface area contributed by atoms with E-state index >= 15 is 0 Å². The van der Waals surface area contributed by atoms with Crippen LogP contribution in [0.1, 0.15) is 46.0 Å². The third kappa shape index (κ3) is 7.50. The molecule has 0 aliphatic rings. The van der Waals surface area contributed by atoms with E-state index < -0.39 is 0 Å². The molecular formula is C10H18O3. The lowest BCUT2D eigenvalue weighted by molar-refractivity contribution is -0.144. The maximum Gasteiger partial charge on any atom is 0.305 e. The minimum atomic E-state index is -0.202. The van der Waals surface area contributed by atoms with Gasteiger partial charge in [0.05, 0.1) is 6.61 Å². The summed E-state index contributed by atoms with van der Waals surface area (Å²) in [6.07, 6.45) is 3.06. The highest BCUT2D eigenvalue weighted by atomic mass is 16.5. The van der Waals surface area contributed by atoms with Crippen LogP contribution in [-0.2, 0) is 14.3 Å². The molecule has 0 aromatic carbocycles. The van der Waals surface area contributed by atoms with Crippen LogP contribution in [0.4, 0.5) is 0 Å². The molecule has 0 aliphatic heterocycles. The SMILES string of the molecule is CCCC(=O)CCOC(=O)CCC. The topological polar surface area (TPSA) is 43.4 Å². The second-order valence-corrected chi connectivity index (χ2v) is 3.01. The van der Waals surface area contributed by atoms with E-state index in [2.05, 4.69) is 0 Å². The van der Waals surface area contributed by atoms with Crippen molar-refractivity contribution in [2.24, 2.45) is 0 Å². The molecule has 0 atom stereocenters. The lowest BCUT2D eigenvalue weighted by Gasteiger charge is -2.02. The summed E-state index contributed by atoms with van der Waals surface area (Å²) in [5.74, 6) is -0.0291. The van der Waals surface area contributed by atoms with Crippen LogP contribution in [0.2, 0.25) is 0 Å². The Balaban J connectivity index is 3.33. The Kier molecular flexibility index (Phi) is 7.26. The summed E-state index contributed by atoms with van der Waals surface area (Å²) in [7, 11) is 0. The van der Waals surface area contributed by atoms with Gasteiger partial charge >= 0.3 is 5.97 Å². The molecule has 0 radical (unpaired) electrons. The fourth-order valence-corrected chi connectivity index (χ4v) is 0.959. The third-order valence-corrected chi connectivity index (χ3v) is 1.63. The molecule has 0 spiro atoms. The predicted octanol–water partition coefficient (Wildman–Crippen LogP) is 2.09. The van der Waals surface area contributed by atoms with Crippen LogP contribution in [0.3, 0.4) is 0 Å². The first-order chi connectivity index (χ1) is 6.20. The predicted molar refractivity (Wildman–Crippen MR) is 50.4 cm³/mol. The molecule has 0 bridgehead atoms. The van der Waals surface area contributed by atoms with Crippen molar-refractivity contribution in [1.29, 1.82) is 0 Å². The van der Waals surface area contributed by atoms with Gasteiger partial charge in [-0.15, -0.1) is 0 Å². The van der Waals surface area contributed by atoms with E-state index in [0.717, 1.165) is 12.8 Å². The molecule has 0 saturated carbocycles. The first-order valence-electron chi connectivity index (χ1n) is 4.88. The van der Waals surface area contributed by atoms with Gasteiger partial charge in [-0.25, -0.2) is 0 Å². The highest BCUT2D eigenvalue weighted by Crippen LogP contribution is 1.97. The van der Waals surface area contributed by atoms with Gasteiger partial charge in [-0.05, 0) is 12.8 Å². The molecule has 76 valence electrons. The molecule has 0 aromatic heterocycles. The molecule has 0 amide bonds. The molecule has 0 N–H and O–H groups in total. The Labute approximate surface area is 79.5 Å². The van der Waals surface area contributed by atoms with Crippen molar-refractivity contribution in [3.8, 4) is 0 Å².